The van der Waals surface area contributed by atoms with Crippen LogP contribution >= 0.6 is 11.3 Å². The van der Waals surface area contributed by atoms with Gasteiger partial charge in [0.1, 0.15) is 5.60 Å². The highest BCUT2D eigenvalue weighted by molar-refractivity contribution is 7.16. The molecule has 1 aliphatic rings. The van der Waals surface area contributed by atoms with Crippen LogP contribution in [0.4, 0.5) is 4.79 Å². The summed E-state index contributed by atoms with van der Waals surface area (Å²) < 4.78 is 5.42. The third-order valence-corrected chi connectivity index (χ3v) is 7.05. The first-order valence-electron chi connectivity index (χ1n) is 12.2. The topological polar surface area (TPSA) is 96.0 Å². The minimum absolute atomic E-state index is 0.0150. The molecule has 1 N–H and O–H groups in total. The Morgan fingerprint density at radius 1 is 0.944 bits per heavy atom. The molecule has 0 spiro atoms. The van der Waals surface area contributed by atoms with Gasteiger partial charge in [-0.2, -0.15) is 0 Å². The van der Waals surface area contributed by atoms with Gasteiger partial charge in [0.2, 0.25) is 0 Å². The monoisotopic (exact) mass is 513 g/mol. The summed E-state index contributed by atoms with van der Waals surface area (Å²) in [7, 11) is 0. The van der Waals surface area contributed by atoms with Gasteiger partial charge in [-0.05, 0) is 63.9 Å². The SMILES string of the molecule is CC(=O)c1ccc(C(=O)CCc2ccc(C(=O)NCCN3CCN(C(=O)OC(C)(C)C)CC3)cc2)s1. The number of nitrogens with one attached hydrogen (secondary N) is 1. The zero-order chi connectivity index (χ0) is 26.3. The number of aryl methyl sites for hydroxylation is 1. The molecule has 9 heteroatoms. The Kier molecular flexibility index (Phi) is 9.39. The zero-order valence-corrected chi connectivity index (χ0v) is 22.3. The first-order chi connectivity index (χ1) is 17.0. The highest BCUT2D eigenvalue weighted by Crippen LogP contribution is 2.20. The van der Waals surface area contributed by atoms with E-state index in [2.05, 4.69) is 10.2 Å². The number of thiophene rings is 1. The number of rotatable bonds is 9. The quantitative estimate of drug-likeness (QED) is 0.509. The highest BCUT2D eigenvalue weighted by Gasteiger charge is 2.25. The van der Waals surface area contributed by atoms with Crippen LogP contribution in [0.1, 0.15) is 69.4 Å². The lowest BCUT2D eigenvalue weighted by atomic mass is 10.0. The van der Waals surface area contributed by atoms with Gasteiger partial charge in [-0.3, -0.25) is 19.3 Å². The Morgan fingerprint density at radius 2 is 1.58 bits per heavy atom. The highest BCUT2D eigenvalue weighted by atomic mass is 32.1. The second-order valence-electron chi connectivity index (χ2n) is 9.91. The van der Waals surface area contributed by atoms with Crippen molar-refractivity contribution in [3.05, 3.63) is 57.3 Å². The van der Waals surface area contributed by atoms with Crippen molar-refractivity contribution in [1.29, 1.82) is 0 Å². The van der Waals surface area contributed by atoms with Gasteiger partial charge in [0.15, 0.2) is 11.6 Å². The van der Waals surface area contributed by atoms with Gasteiger partial charge in [0, 0.05) is 51.3 Å². The fourth-order valence-electron chi connectivity index (χ4n) is 3.79. The molecule has 2 amide bonds. The van der Waals surface area contributed by atoms with Crippen LogP contribution in [0.15, 0.2) is 36.4 Å². The van der Waals surface area contributed by atoms with E-state index >= 15 is 0 Å². The summed E-state index contributed by atoms with van der Waals surface area (Å²) in [5.41, 5.74) is 1.05. The second kappa shape index (κ2) is 12.3. The van der Waals surface area contributed by atoms with Crippen molar-refractivity contribution in [3.8, 4) is 0 Å². The van der Waals surface area contributed by atoms with Crippen molar-refractivity contribution in [2.45, 2.75) is 46.1 Å². The van der Waals surface area contributed by atoms with Crippen LogP contribution in [0.5, 0.6) is 0 Å². The molecule has 1 aliphatic heterocycles. The van der Waals surface area contributed by atoms with E-state index in [9.17, 15) is 19.2 Å². The number of ketones is 2. The molecule has 0 bridgehead atoms. The lowest BCUT2D eigenvalue weighted by molar-refractivity contribution is 0.0146. The van der Waals surface area contributed by atoms with Gasteiger partial charge in [-0.1, -0.05) is 12.1 Å². The van der Waals surface area contributed by atoms with Crippen molar-refractivity contribution in [1.82, 2.24) is 15.1 Å². The number of benzene rings is 1. The minimum atomic E-state index is -0.500. The first kappa shape index (κ1) is 27.5. The predicted molar refractivity (Wildman–Crippen MR) is 140 cm³/mol. The molecule has 2 heterocycles. The maximum Gasteiger partial charge on any atom is 0.410 e. The Hall–Kier alpha value is -3.04. The Morgan fingerprint density at radius 3 is 2.17 bits per heavy atom. The van der Waals surface area contributed by atoms with Crippen LogP contribution in [0.2, 0.25) is 0 Å². The van der Waals surface area contributed by atoms with Gasteiger partial charge >= 0.3 is 6.09 Å². The number of hydrogen-bond donors (Lipinski definition) is 1. The molecule has 3 rings (SSSR count). The predicted octanol–water partition coefficient (Wildman–Crippen LogP) is 4.05. The maximum absolute atomic E-state index is 12.5. The van der Waals surface area contributed by atoms with E-state index in [0.717, 1.165) is 18.7 Å². The molecule has 1 saturated heterocycles. The van der Waals surface area contributed by atoms with Crippen molar-refractivity contribution >= 4 is 34.9 Å². The summed E-state index contributed by atoms with van der Waals surface area (Å²) in [5.74, 6) is -0.157. The molecule has 0 atom stereocenters. The Bertz CT molecular complexity index is 1080. The number of Topliss-reactive ketones (excluding diaryl/α,β-unsaturated/α-hetero) is 2. The van der Waals surface area contributed by atoms with Gasteiger partial charge < -0.3 is 15.0 Å². The van der Waals surface area contributed by atoms with Crippen molar-refractivity contribution in [2.75, 3.05) is 39.3 Å². The number of carbonyl (C=O) groups is 4. The summed E-state index contributed by atoms with van der Waals surface area (Å²) in [5, 5.41) is 2.95. The number of amides is 2. The standard InChI is InChI=1S/C27H35N3O5S/c1-19(31)23-11-12-24(36-23)22(32)10-7-20-5-8-21(9-6-20)25(33)28-13-14-29-15-17-30(18-16-29)26(34)35-27(2,3)4/h5-6,8-9,11-12H,7,10,13-18H2,1-4H3,(H,28,33). The van der Waals surface area contributed by atoms with Crippen molar-refractivity contribution in [3.63, 3.8) is 0 Å². The van der Waals surface area contributed by atoms with Crippen LogP contribution in [0.25, 0.3) is 0 Å². The maximum atomic E-state index is 12.5. The largest absolute Gasteiger partial charge is 0.444 e. The van der Waals surface area contributed by atoms with Gasteiger partial charge in [-0.25, -0.2) is 4.79 Å². The molecule has 0 radical (unpaired) electrons. The Labute approximate surface area is 216 Å². The van der Waals surface area contributed by atoms with E-state index < -0.39 is 5.60 Å². The molecule has 0 aliphatic carbocycles. The van der Waals surface area contributed by atoms with E-state index in [4.69, 9.17) is 4.74 Å². The third kappa shape index (κ3) is 8.27. The van der Waals surface area contributed by atoms with Crippen molar-refractivity contribution in [2.24, 2.45) is 0 Å². The third-order valence-electron chi connectivity index (χ3n) is 5.82. The fourth-order valence-corrected chi connectivity index (χ4v) is 4.66. The van der Waals surface area contributed by atoms with E-state index in [1.54, 1.807) is 29.2 Å². The van der Waals surface area contributed by atoms with Crippen LogP contribution < -0.4 is 5.32 Å². The summed E-state index contributed by atoms with van der Waals surface area (Å²) in [6.07, 6.45) is 0.644. The van der Waals surface area contributed by atoms with Gasteiger partial charge in [-0.15, -0.1) is 11.3 Å². The molecule has 36 heavy (non-hydrogen) atoms. The molecule has 8 nitrogen and oxygen atoms in total. The van der Waals surface area contributed by atoms with Crippen LogP contribution in [0.3, 0.4) is 0 Å². The summed E-state index contributed by atoms with van der Waals surface area (Å²) in [6.45, 7) is 11.0. The molecule has 1 fully saturated rings. The number of nitrogens with zero attached hydrogens (tertiary/aromatic N) is 2. The van der Waals surface area contributed by atoms with Gasteiger partial charge in [0.25, 0.3) is 5.91 Å². The number of piperazine rings is 1. The lowest BCUT2D eigenvalue weighted by Crippen LogP contribution is -2.51. The first-order valence-corrected chi connectivity index (χ1v) is 13.0. The van der Waals surface area contributed by atoms with Crippen LogP contribution in [-0.4, -0.2) is 78.2 Å². The average Bonchev–Trinajstić information content (AvgIpc) is 3.33. The molecule has 2 aromatic rings. The smallest absolute Gasteiger partial charge is 0.410 e. The number of carbonyl (C=O) groups excluding carboxylic acids is 4. The van der Waals surface area contributed by atoms with E-state index in [-0.39, 0.29) is 23.6 Å². The molecule has 1 aromatic heterocycles. The summed E-state index contributed by atoms with van der Waals surface area (Å²) in [4.78, 5) is 53.6. The minimum Gasteiger partial charge on any atom is -0.444 e. The Balaban J connectivity index is 1.36. The normalized spacial score (nSPS) is 14.4. The van der Waals surface area contributed by atoms with Crippen LogP contribution in [0, 0.1) is 0 Å². The van der Waals surface area contributed by atoms with E-state index in [1.165, 1.54) is 18.3 Å². The van der Waals surface area contributed by atoms with E-state index in [0.29, 0.717) is 54.3 Å². The fraction of sp³-hybridized carbons (Fsp3) is 0.481. The molecule has 194 valence electrons. The zero-order valence-electron chi connectivity index (χ0n) is 21.5. The summed E-state index contributed by atoms with van der Waals surface area (Å²) >= 11 is 1.23. The molecule has 0 unspecified atom stereocenters. The molecule has 1 aromatic carbocycles. The number of hydrogen-bond acceptors (Lipinski definition) is 7. The van der Waals surface area contributed by atoms with E-state index in [1.807, 2.05) is 32.9 Å². The molecular weight excluding hydrogens is 478 g/mol. The number of ether oxygens (including phenoxy) is 1. The lowest BCUT2D eigenvalue weighted by Gasteiger charge is -2.35. The second-order valence-corrected chi connectivity index (χ2v) is 11.0. The molecule has 0 saturated carbocycles. The molecular formula is C27H35N3O5S. The van der Waals surface area contributed by atoms with Gasteiger partial charge in [0.05, 0.1) is 9.75 Å². The van der Waals surface area contributed by atoms with Crippen LogP contribution in [-0.2, 0) is 11.2 Å². The average molecular weight is 514 g/mol. The summed E-state index contributed by atoms with van der Waals surface area (Å²) in [6, 6.07) is 10.7. The van der Waals surface area contributed by atoms with Crippen molar-refractivity contribution < 1.29 is 23.9 Å².